The van der Waals surface area contributed by atoms with Crippen molar-refractivity contribution in [3.63, 3.8) is 0 Å². The van der Waals surface area contributed by atoms with Gasteiger partial charge in [0.1, 0.15) is 0 Å². The zero-order chi connectivity index (χ0) is 22.4. The molecular formula is C22H19ClO6S2. The summed E-state index contributed by atoms with van der Waals surface area (Å²) >= 11 is 6.37. The van der Waals surface area contributed by atoms with Crippen molar-refractivity contribution in [2.75, 3.05) is 5.75 Å². The van der Waals surface area contributed by atoms with Gasteiger partial charge in [-0.2, -0.15) is 0 Å². The number of allylic oxidation sites excluding steroid dienone is 2. The van der Waals surface area contributed by atoms with Gasteiger partial charge in [0.15, 0.2) is 31.2 Å². The number of rotatable bonds is 5. The summed E-state index contributed by atoms with van der Waals surface area (Å²) in [5.41, 5.74) is 0.491. The van der Waals surface area contributed by atoms with Crippen LogP contribution >= 0.6 is 11.6 Å². The van der Waals surface area contributed by atoms with E-state index < -0.39 is 31.2 Å². The molecule has 31 heavy (non-hydrogen) atoms. The van der Waals surface area contributed by atoms with Crippen LogP contribution in [0.3, 0.4) is 0 Å². The van der Waals surface area contributed by atoms with Gasteiger partial charge in [-0.3, -0.25) is 9.59 Å². The highest BCUT2D eigenvalue weighted by molar-refractivity contribution is 7.94. The normalized spacial score (nSPS) is 18.2. The highest BCUT2D eigenvalue weighted by atomic mass is 35.5. The summed E-state index contributed by atoms with van der Waals surface area (Å²) in [6, 6.07) is 11.1. The van der Waals surface area contributed by atoms with Gasteiger partial charge < -0.3 is 0 Å². The number of carbonyl (C=O) groups is 2. The number of Topliss-reactive ketones (excluding diaryl/α,β-unsaturated/α-hetero) is 2. The summed E-state index contributed by atoms with van der Waals surface area (Å²) in [6.07, 6.45) is 0.681. The summed E-state index contributed by atoms with van der Waals surface area (Å²) in [5.74, 6) is -1.72. The van der Waals surface area contributed by atoms with Gasteiger partial charge in [-0.1, -0.05) is 41.9 Å². The van der Waals surface area contributed by atoms with Crippen LogP contribution < -0.4 is 0 Å². The first-order valence-electron chi connectivity index (χ1n) is 9.74. The average molecular weight is 479 g/mol. The highest BCUT2D eigenvalue weighted by Gasteiger charge is 2.36. The molecule has 4 rings (SSSR count). The van der Waals surface area contributed by atoms with Crippen LogP contribution in [-0.2, 0) is 36.6 Å². The molecule has 0 fully saturated rings. The van der Waals surface area contributed by atoms with Crippen LogP contribution in [0.5, 0.6) is 0 Å². The molecule has 0 saturated carbocycles. The minimum Gasteiger partial charge on any atom is -0.294 e. The predicted octanol–water partition coefficient (Wildman–Crippen LogP) is 3.47. The maximum absolute atomic E-state index is 13.3. The third-order valence-electron chi connectivity index (χ3n) is 5.57. The average Bonchev–Trinajstić information content (AvgIpc) is 3.03. The molecule has 2 aliphatic rings. The molecule has 0 N–H and O–H groups in total. The molecule has 1 aliphatic carbocycles. The topological polar surface area (TPSA) is 102 Å². The Morgan fingerprint density at radius 3 is 2.42 bits per heavy atom. The smallest absolute Gasteiger partial charge is 0.199 e. The standard InChI is InChI=1S/C22H19ClO6S2/c23-21-15-11-12-30(26,27)18(15)10-9-16(21)22(25)20-17(24)7-4-8-19(20)31(28,29)13-14-5-2-1-3-6-14/h1-3,5-6,9-10H,4,7-8,11-13H2. The fraction of sp³-hybridized carbons (Fsp3) is 0.273. The van der Waals surface area contributed by atoms with E-state index in [1.807, 2.05) is 0 Å². The Bertz CT molecular complexity index is 1340. The molecular weight excluding hydrogens is 460 g/mol. The number of ketones is 2. The van der Waals surface area contributed by atoms with Crippen molar-refractivity contribution >= 4 is 42.8 Å². The van der Waals surface area contributed by atoms with Crippen LogP contribution in [-0.4, -0.2) is 34.2 Å². The SMILES string of the molecule is O=C1CCCC(S(=O)(=O)Cc2ccccc2)=C1C(=O)c1ccc2c(c1Cl)CCS2(=O)=O. The van der Waals surface area contributed by atoms with Crippen molar-refractivity contribution < 1.29 is 26.4 Å². The van der Waals surface area contributed by atoms with Gasteiger partial charge in [0, 0.05) is 12.0 Å². The molecule has 1 aliphatic heterocycles. The quantitative estimate of drug-likeness (QED) is 0.481. The first-order valence-corrected chi connectivity index (χ1v) is 13.4. The van der Waals surface area contributed by atoms with E-state index in [1.54, 1.807) is 30.3 Å². The third kappa shape index (κ3) is 4.00. The van der Waals surface area contributed by atoms with Crippen molar-refractivity contribution in [2.45, 2.75) is 36.3 Å². The van der Waals surface area contributed by atoms with Crippen molar-refractivity contribution in [1.82, 2.24) is 0 Å². The van der Waals surface area contributed by atoms with E-state index in [0.717, 1.165) is 0 Å². The fourth-order valence-corrected chi connectivity index (χ4v) is 7.77. The first kappa shape index (κ1) is 21.9. The number of fused-ring (bicyclic) bond motifs is 1. The maximum Gasteiger partial charge on any atom is 0.199 e. The molecule has 0 spiro atoms. The van der Waals surface area contributed by atoms with E-state index in [4.69, 9.17) is 11.6 Å². The molecule has 0 saturated heterocycles. The predicted molar refractivity (Wildman–Crippen MR) is 116 cm³/mol. The number of benzene rings is 2. The molecule has 1 heterocycles. The number of hydrogen-bond acceptors (Lipinski definition) is 6. The monoisotopic (exact) mass is 478 g/mol. The summed E-state index contributed by atoms with van der Waals surface area (Å²) in [6.45, 7) is 0. The minimum atomic E-state index is -3.92. The van der Waals surface area contributed by atoms with E-state index in [-0.39, 0.29) is 56.7 Å². The lowest BCUT2D eigenvalue weighted by molar-refractivity contribution is -0.115. The molecule has 2 aromatic rings. The first-order chi connectivity index (χ1) is 14.6. The Hall–Kier alpha value is -2.29. The molecule has 0 aromatic heterocycles. The van der Waals surface area contributed by atoms with Crippen LogP contribution in [0, 0.1) is 0 Å². The van der Waals surface area contributed by atoms with Crippen molar-refractivity contribution in [1.29, 1.82) is 0 Å². The zero-order valence-electron chi connectivity index (χ0n) is 16.4. The van der Waals surface area contributed by atoms with Gasteiger partial charge in [0.2, 0.25) is 0 Å². The van der Waals surface area contributed by atoms with Gasteiger partial charge in [0.05, 0.1) is 31.9 Å². The summed E-state index contributed by atoms with van der Waals surface area (Å²) in [7, 11) is -7.36. The fourth-order valence-electron chi connectivity index (χ4n) is 4.04. The molecule has 0 bridgehead atoms. The summed E-state index contributed by atoms with van der Waals surface area (Å²) < 4.78 is 50.5. The van der Waals surface area contributed by atoms with Crippen LogP contribution in [0.15, 0.2) is 57.8 Å². The molecule has 0 radical (unpaired) electrons. The Morgan fingerprint density at radius 1 is 1.00 bits per heavy atom. The molecule has 0 amide bonds. The number of hydrogen-bond donors (Lipinski definition) is 0. The van der Waals surface area contributed by atoms with Crippen molar-refractivity contribution in [3.05, 3.63) is 74.7 Å². The second-order valence-electron chi connectivity index (χ2n) is 7.62. The van der Waals surface area contributed by atoms with Crippen molar-refractivity contribution in [2.24, 2.45) is 0 Å². The Balaban J connectivity index is 1.81. The Kier molecular flexibility index (Phi) is 5.66. The third-order valence-corrected chi connectivity index (χ3v) is 9.67. The molecule has 2 aromatic carbocycles. The molecule has 0 atom stereocenters. The largest absolute Gasteiger partial charge is 0.294 e. The highest BCUT2D eigenvalue weighted by Crippen LogP contribution is 2.37. The van der Waals surface area contributed by atoms with Gasteiger partial charge in [-0.25, -0.2) is 16.8 Å². The van der Waals surface area contributed by atoms with E-state index in [2.05, 4.69) is 0 Å². The van der Waals surface area contributed by atoms with Gasteiger partial charge in [-0.15, -0.1) is 0 Å². The van der Waals surface area contributed by atoms with Crippen LogP contribution in [0.1, 0.15) is 40.7 Å². The zero-order valence-corrected chi connectivity index (χ0v) is 18.8. The Labute approximate surface area is 185 Å². The van der Waals surface area contributed by atoms with E-state index in [0.29, 0.717) is 17.5 Å². The molecule has 6 nitrogen and oxygen atoms in total. The van der Waals surface area contributed by atoms with Crippen molar-refractivity contribution in [3.8, 4) is 0 Å². The van der Waals surface area contributed by atoms with E-state index >= 15 is 0 Å². The Morgan fingerprint density at radius 2 is 1.71 bits per heavy atom. The van der Waals surface area contributed by atoms with Gasteiger partial charge >= 0.3 is 0 Å². The lowest BCUT2D eigenvalue weighted by Gasteiger charge is -2.19. The lowest BCUT2D eigenvalue weighted by atomic mass is 9.91. The molecule has 162 valence electrons. The second-order valence-corrected chi connectivity index (χ2v) is 12.1. The number of sulfone groups is 2. The number of halogens is 1. The minimum absolute atomic E-state index is 0.0331. The summed E-state index contributed by atoms with van der Waals surface area (Å²) in [4.78, 5) is 25.9. The van der Waals surface area contributed by atoms with Crippen LogP contribution in [0.2, 0.25) is 5.02 Å². The van der Waals surface area contributed by atoms with Gasteiger partial charge in [0.25, 0.3) is 0 Å². The van der Waals surface area contributed by atoms with Crippen LogP contribution in [0.4, 0.5) is 0 Å². The van der Waals surface area contributed by atoms with E-state index in [9.17, 15) is 26.4 Å². The lowest BCUT2D eigenvalue weighted by Crippen LogP contribution is -2.24. The van der Waals surface area contributed by atoms with Gasteiger partial charge in [-0.05, 0) is 42.5 Å². The summed E-state index contributed by atoms with van der Waals surface area (Å²) in [5, 5.41) is -0.0331. The molecule has 9 heteroatoms. The number of carbonyl (C=O) groups excluding carboxylic acids is 2. The molecule has 0 unspecified atom stereocenters. The van der Waals surface area contributed by atoms with Crippen LogP contribution in [0.25, 0.3) is 0 Å². The second kappa shape index (κ2) is 8.00. The maximum atomic E-state index is 13.3. The van der Waals surface area contributed by atoms with E-state index in [1.165, 1.54) is 12.1 Å².